The SMILES string of the molecule is COc1ccc(S(=O)(=O)NCCNC(=O)CCc2ccccc2)cc1. The molecule has 0 unspecified atom stereocenters. The second kappa shape index (κ2) is 9.19. The van der Waals surface area contributed by atoms with Crippen molar-refractivity contribution in [2.75, 3.05) is 20.2 Å². The lowest BCUT2D eigenvalue weighted by Crippen LogP contribution is -2.34. The van der Waals surface area contributed by atoms with Crippen LogP contribution < -0.4 is 14.8 Å². The maximum atomic E-state index is 12.1. The highest BCUT2D eigenvalue weighted by Gasteiger charge is 2.13. The summed E-state index contributed by atoms with van der Waals surface area (Å²) in [4.78, 5) is 11.9. The number of hydrogen-bond acceptors (Lipinski definition) is 4. The minimum Gasteiger partial charge on any atom is -0.497 e. The number of rotatable bonds is 9. The summed E-state index contributed by atoms with van der Waals surface area (Å²) >= 11 is 0. The van der Waals surface area contributed by atoms with Crippen LogP contribution in [0.25, 0.3) is 0 Å². The predicted molar refractivity (Wildman–Crippen MR) is 96.0 cm³/mol. The van der Waals surface area contributed by atoms with Gasteiger partial charge in [-0.25, -0.2) is 13.1 Å². The summed E-state index contributed by atoms with van der Waals surface area (Å²) in [6.07, 6.45) is 1.03. The molecule has 0 fully saturated rings. The van der Waals surface area contributed by atoms with Gasteiger partial charge >= 0.3 is 0 Å². The highest BCUT2D eigenvalue weighted by Crippen LogP contribution is 2.14. The van der Waals surface area contributed by atoms with Gasteiger partial charge in [-0.3, -0.25) is 4.79 Å². The van der Waals surface area contributed by atoms with Crippen LogP contribution in [0.15, 0.2) is 59.5 Å². The number of hydrogen-bond donors (Lipinski definition) is 2. The van der Waals surface area contributed by atoms with E-state index in [0.29, 0.717) is 18.6 Å². The van der Waals surface area contributed by atoms with Gasteiger partial charge in [-0.15, -0.1) is 0 Å². The van der Waals surface area contributed by atoms with Crippen molar-refractivity contribution >= 4 is 15.9 Å². The Morgan fingerprint density at radius 1 is 1.00 bits per heavy atom. The summed E-state index contributed by atoms with van der Waals surface area (Å²) in [7, 11) is -2.08. The van der Waals surface area contributed by atoms with E-state index in [-0.39, 0.29) is 23.9 Å². The molecule has 0 aliphatic rings. The van der Waals surface area contributed by atoms with E-state index < -0.39 is 10.0 Å². The average Bonchev–Trinajstić information content (AvgIpc) is 2.64. The third kappa shape index (κ3) is 6.21. The number of carbonyl (C=O) groups excluding carboxylic acids is 1. The predicted octanol–water partition coefficient (Wildman–Crippen LogP) is 1.72. The van der Waals surface area contributed by atoms with Gasteiger partial charge in [0.2, 0.25) is 15.9 Å². The zero-order valence-electron chi connectivity index (χ0n) is 14.1. The molecule has 1 amide bonds. The Bertz CT molecular complexity index is 774. The summed E-state index contributed by atoms with van der Waals surface area (Å²) < 4.78 is 31.7. The quantitative estimate of drug-likeness (QED) is 0.665. The molecule has 0 aliphatic carbocycles. The first-order valence-electron chi connectivity index (χ1n) is 7.95. The molecule has 0 aliphatic heterocycles. The first-order valence-corrected chi connectivity index (χ1v) is 9.44. The van der Waals surface area contributed by atoms with E-state index in [9.17, 15) is 13.2 Å². The molecule has 0 atom stereocenters. The molecule has 2 aromatic carbocycles. The number of aryl methyl sites for hydroxylation is 1. The first kappa shape index (κ1) is 19.0. The molecule has 2 aromatic rings. The molecule has 134 valence electrons. The number of ether oxygens (including phenoxy) is 1. The van der Waals surface area contributed by atoms with Crippen LogP contribution in [0.4, 0.5) is 0 Å². The second-order valence-corrected chi connectivity index (χ2v) is 7.18. The first-order chi connectivity index (χ1) is 12.0. The number of carbonyl (C=O) groups is 1. The summed E-state index contributed by atoms with van der Waals surface area (Å²) in [5.41, 5.74) is 1.10. The van der Waals surface area contributed by atoms with Gasteiger partial charge in [-0.05, 0) is 36.2 Å². The third-order valence-electron chi connectivity index (χ3n) is 3.59. The maximum Gasteiger partial charge on any atom is 0.240 e. The Kier molecular flexibility index (Phi) is 6.97. The Hall–Kier alpha value is -2.38. The van der Waals surface area contributed by atoms with Gasteiger partial charge in [-0.2, -0.15) is 0 Å². The van der Waals surface area contributed by atoms with E-state index in [1.54, 1.807) is 12.1 Å². The smallest absolute Gasteiger partial charge is 0.240 e. The molecule has 2 N–H and O–H groups in total. The summed E-state index contributed by atoms with van der Waals surface area (Å²) in [6, 6.07) is 15.8. The lowest BCUT2D eigenvalue weighted by Gasteiger charge is -2.09. The van der Waals surface area contributed by atoms with Crippen LogP contribution >= 0.6 is 0 Å². The van der Waals surface area contributed by atoms with E-state index in [4.69, 9.17) is 4.74 Å². The average molecular weight is 362 g/mol. The van der Waals surface area contributed by atoms with Crippen molar-refractivity contribution in [2.24, 2.45) is 0 Å². The zero-order chi connectivity index (χ0) is 18.1. The monoisotopic (exact) mass is 362 g/mol. The highest BCUT2D eigenvalue weighted by molar-refractivity contribution is 7.89. The molecule has 0 spiro atoms. The van der Waals surface area contributed by atoms with E-state index in [0.717, 1.165) is 5.56 Å². The highest BCUT2D eigenvalue weighted by atomic mass is 32.2. The molecule has 7 heteroatoms. The standard InChI is InChI=1S/C18H22N2O4S/c1-24-16-8-10-17(11-9-16)25(22,23)20-14-13-19-18(21)12-7-15-5-3-2-4-6-15/h2-6,8-11,20H,7,12-14H2,1H3,(H,19,21). The minimum atomic E-state index is -3.60. The molecule has 0 heterocycles. The van der Waals surface area contributed by atoms with E-state index in [1.165, 1.54) is 19.2 Å². The van der Waals surface area contributed by atoms with Crippen molar-refractivity contribution in [3.8, 4) is 5.75 Å². The summed E-state index contributed by atoms with van der Waals surface area (Å²) in [6.45, 7) is 0.369. The van der Waals surface area contributed by atoms with Crippen molar-refractivity contribution in [1.29, 1.82) is 0 Å². The Labute approximate surface area is 148 Å². The van der Waals surface area contributed by atoms with Crippen LogP contribution in [-0.2, 0) is 21.2 Å². The van der Waals surface area contributed by atoms with E-state index >= 15 is 0 Å². The van der Waals surface area contributed by atoms with E-state index in [2.05, 4.69) is 10.0 Å². The number of amides is 1. The van der Waals surface area contributed by atoms with Crippen LogP contribution in [0.5, 0.6) is 5.75 Å². The van der Waals surface area contributed by atoms with Crippen LogP contribution in [-0.4, -0.2) is 34.5 Å². The molecule has 0 radical (unpaired) electrons. The lowest BCUT2D eigenvalue weighted by molar-refractivity contribution is -0.121. The molecule has 25 heavy (non-hydrogen) atoms. The number of methoxy groups -OCH3 is 1. The van der Waals surface area contributed by atoms with Crippen molar-refractivity contribution in [2.45, 2.75) is 17.7 Å². The van der Waals surface area contributed by atoms with Gasteiger partial charge in [0, 0.05) is 19.5 Å². The largest absolute Gasteiger partial charge is 0.497 e. The van der Waals surface area contributed by atoms with Crippen molar-refractivity contribution < 1.29 is 17.9 Å². The third-order valence-corrected chi connectivity index (χ3v) is 5.07. The molecular formula is C18H22N2O4S. The van der Waals surface area contributed by atoms with Gasteiger partial charge in [0.15, 0.2) is 0 Å². The van der Waals surface area contributed by atoms with Gasteiger partial charge in [0.1, 0.15) is 5.75 Å². The molecule has 0 saturated heterocycles. The summed E-state index contributed by atoms with van der Waals surface area (Å²) in [5.74, 6) is 0.483. The van der Waals surface area contributed by atoms with Crippen molar-refractivity contribution in [3.63, 3.8) is 0 Å². The fourth-order valence-electron chi connectivity index (χ4n) is 2.22. The summed E-state index contributed by atoms with van der Waals surface area (Å²) in [5, 5.41) is 2.71. The van der Waals surface area contributed by atoms with Crippen LogP contribution in [0, 0.1) is 0 Å². The normalized spacial score (nSPS) is 11.1. The molecular weight excluding hydrogens is 340 g/mol. The van der Waals surface area contributed by atoms with Crippen LogP contribution in [0.3, 0.4) is 0 Å². The second-order valence-electron chi connectivity index (χ2n) is 5.41. The Morgan fingerprint density at radius 3 is 2.32 bits per heavy atom. The van der Waals surface area contributed by atoms with Gasteiger partial charge in [0.05, 0.1) is 12.0 Å². The molecule has 0 saturated carbocycles. The molecule has 0 bridgehead atoms. The van der Waals surface area contributed by atoms with Crippen molar-refractivity contribution in [1.82, 2.24) is 10.0 Å². The fraction of sp³-hybridized carbons (Fsp3) is 0.278. The zero-order valence-corrected chi connectivity index (χ0v) is 14.9. The van der Waals surface area contributed by atoms with Crippen molar-refractivity contribution in [3.05, 3.63) is 60.2 Å². The Morgan fingerprint density at radius 2 is 1.68 bits per heavy atom. The lowest BCUT2D eigenvalue weighted by atomic mass is 10.1. The van der Waals surface area contributed by atoms with Crippen LogP contribution in [0.2, 0.25) is 0 Å². The Balaban J connectivity index is 1.71. The number of sulfonamides is 1. The van der Waals surface area contributed by atoms with Gasteiger partial charge < -0.3 is 10.1 Å². The van der Waals surface area contributed by atoms with Crippen LogP contribution in [0.1, 0.15) is 12.0 Å². The maximum absolute atomic E-state index is 12.1. The fourth-order valence-corrected chi connectivity index (χ4v) is 3.25. The minimum absolute atomic E-state index is 0.104. The topological polar surface area (TPSA) is 84.5 Å². The van der Waals surface area contributed by atoms with Gasteiger partial charge in [-0.1, -0.05) is 30.3 Å². The number of nitrogens with one attached hydrogen (secondary N) is 2. The molecule has 0 aromatic heterocycles. The van der Waals surface area contributed by atoms with Gasteiger partial charge in [0.25, 0.3) is 0 Å². The number of benzene rings is 2. The molecule has 2 rings (SSSR count). The molecule has 6 nitrogen and oxygen atoms in total. The van der Waals surface area contributed by atoms with E-state index in [1.807, 2.05) is 30.3 Å².